The van der Waals surface area contributed by atoms with Crippen LogP contribution in [0, 0.1) is 0 Å². The molecule has 0 unspecified atom stereocenters. The number of pyridine rings is 1. The summed E-state index contributed by atoms with van der Waals surface area (Å²) in [5.74, 6) is -0.957. The lowest BCUT2D eigenvalue weighted by Gasteiger charge is -2.40. The summed E-state index contributed by atoms with van der Waals surface area (Å²) in [5.41, 5.74) is -0.790. The molecule has 0 aliphatic carbocycles. The molecule has 3 rings (SSSR count). The van der Waals surface area contributed by atoms with Crippen molar-refractivity contribution in [3.63, 3.8) is 0 Å². The molecule has 2 amide bonds. The number of carboxylic acid groups (broad SMARTS) is 2. The fraction of sp³-hybridized carbons (Fsp3) is 0.368. The van der Waals surface area contributed by atoms with Crippen molar-refractivity contribution >= 4 is 24.8 Å². The summed E-state index contributed by atoms with van der Waals surface area (Å²) in [4.78, 5) is 47.3. The SMILES string of the molecule is O=C(c1ccncc1)N1CCC(C(=O)NCC(F)(F)F)(n2cccn2)CC1.O=CO.O=CO. The Morgan fingerprint density at radius 1 is 1.09 bits per heavy atom. The lowest BCUT2D eigenvalue weighted by Crippen LogP contribution is -2.57. The van der Waals surface area contributed by atoms with E-state index in [1.807, 2.05) is 5.32 Å². The van der Waals surface area contributed by atoms with Gasteiger partial charge in [-0.05, 0) is 31.0 Å². The summed E-state index contributed by atoms with van der Waals surface area (Å²) in [6.45, 7) is -1.46. The van der Waals surface area contributed by atoms with Gasteiger partial charge in [0.25, 0.3) is 18.9 Å². The molecule has 14 heteroatoms. The maximum absolute atomic E-state index is 12.6. The van der Waals surface area contributed by atoms with Gasteiger partial charge in [0, 0.05) is 43.4 Å². The van der Waals surface area contributed by atoms with Crippen molar-refractivity contribution in [1.29, 1.82) is 0 Å². The number of amides is 2. The second-order valence-corrected chi connectivity index (χ2v) is 6.52. The highest BCUT2D eigenvalue weighted by Gasteiger charge is 2.45. The third-order valence-corrected chi connectivity index (χ3v) is 4.62. The van der Waals surface area contributed by atoms with Gasteiger partial charge in [-0.15, -0.1) is 0 Å². The molecular formula is C19H22F3N5O6. The summed E-state index contributed by atoms with van der Waals surface area (Å²) in [7, 11) is 0. The van der Waals surface area contributed by atoms with E-state index in [-0.39, 0.29) is 44.8 Å². The van der Waals surface area contributed by atoms with Crippen LogP contribution in [-0.2, 0) is 19.9 Å². The summed E-state index contributed by atoms with van der Waals surface area (Å²) in [6, 6.07) is 4.79. The van der Waals surface area contributed by atoms with Gasteiger partial charge in [-0.25, -0.2) is 0 Å². The van der Waals surface area contributed by atoms with Crippen molar-refractivity contribution < 1.29 is 42.6 Å². The first-order valence-electron chi connectivity index (χ1n) is 9.35. The Bertz CT molecular complexity index is 879. The maximum Gasteiger partial charge on any atom is 0.405 e. The minimum atomic E-state index is -4.50. The predicted molar refractivity (Wildman–Crippen MR) is 106 cm³/mol. The largest absolute Gasteiger partial charge is 0.483 e. The van der Waals surface area contributed by atoms with Crippen molar-refractivity contribution in [3.05, 3.63) is 48.5 Å². The monoisotopic (exact) mass is 473 g/mol. The van der Waals surface area contributed by atoms with Gasteiger partial charge in [0.15, 0.2) is 0 Å². The van der Waals surface area contributed by atoms with E-state index in [0.29, 0.717) is 5.56 Å². The number of piperidine rings is 1. The Balaban J connectivity index is 0.000000819. The van der Waals surface area contributed by atoms with Crippen molar-refractivity contribution in [2.45, 2.75) is 24.6 Å². The zero-order valence-electron chi connectivity index (χ0n) is 17.2. The van der Waals surface area contributed by atoms with E-state index in [1.54, 1.807) is 29.3 Å². The van der Waals surface area contributed by atoms with Crippen LogP contribution < -0.4 is 5.32 Å². The molecule has 3 N–H and O–H groups in total. The molecule has 1 saturated heterocycles. The van der Waals surface area contributed by atoms with Crippen LogP contribution in [0.15, 0.2) is 43.0 Å². The zero-order valence-corrected chi connectivity index (χ0v) is 17.2. The van der Waals surface area contributed by atoms with Gasteiger partial charge in [0.05, 0.1) is 0 Å². The molecule has 2 aromatic heterocycles. The van der Waals surface area contributed by atoms with Crippen molar-refractivity contribution in [1.82, 2.24) is 25.0 Å². The van der Waals surface area contributed by atoms with Crippen LogP contribution in [-0.4, -0.2) is 80.4 Å². The number of carbonyl (C=O) groups is 4. The Labute approximate surface area is 185 Å². The molecule has 3 heterocycles. The molecule has 0 spiro atoms. The number of halogens is 3. The lowest BCUT2D eigenvalue weighted by molar-refractivity contribution is -0.146. The average molecular weight is 473 g/mol. The highest BCUT2D eigenvalue weighted by atomic mass is 19.4. The molecular weight excluding hydrogens is 451 g/mol. The highest BCUT2D eigenvalue weighted by Crippen LogP contribution is 2.31. The molecule has 0 atom stereocenters. The van der Waals surface area contributed by atoms with Crippen LogP contribution in [0.2, 0.25) is 0 Å². The van der Waals surface area contributed by atoms with Crippen molar-refractivity contribution in [2.75, 3.05) is 19.6 Å². The molecule has 180 valence electrons. The molecule has 0 bridgehead atoms. The van der Waals surface area contributed by atoms with E-state index in [1.165, 1.54) is 23.3 Å². The number of likely N-dealkylation sites (tertiary alicyclic amines) is 1. The number of rotatable bonds is 4. The number of hydrogen-bond donors (Lipinski definition) is 3. The van der Waals surface area contributed by atoms with Gasteiger partial charge in [0.1, 0.15) is 12.1 Å². The second kappa shape index (κ2) is 12.8. The van der Waals surface area contributed by atoms with Gasteiger partial charge in [0.2, 0.25) is 5.91 Å². The number of nitrogens with zero attached hydrogens (tertiary/aromatic N) is 4. The fourth-order valence-corrected chi connectivity index (χ4v) is 3.18. The van der Waals surface area contributed by atoms with E-state index in [4.69, 9.17) is 19.8 Å². The normalized spacial score (nSPS) is 14.5. The van der Waals surface area contributed by atoms with E-state index in [2.05, 4.69) is 10.1 Å². The summed E-state index contributed by atoms with van der Waals surface area (Å²) in [5, 5.41) is 19.8. The number of alkyl halides is 3. The summed E-state index contributed by atoms with van der Waals surface area (Å²) >= 11 is 0. The molecule has 1 aliphatic rings. The first-order chi connectivity index (χ1) is 15.6. The average Bonchev–Trinajstić information content (AvgIpc) is 3.34. The third-order valence-electron chi connectivity index (χ3n) is 4.62. The number of nitrogens with one attached hydrogen (secondary N) is 1. The van der Waals surface area contributed by atoms with Gasteiger partial charge in [-0.3, -0.25) is 28.8 Å². The van der Waals surface area contributed by atoms with E-state index < -0.39 is 24.2 Å². The zero-order chi connectivity index (χ0) is 24.9. The number of carbonyl (C=O) groups excluding carboxylic acids is 2. The summed E-state index contributed by atoms with van der Waals surface area (Å²) in [6.07, 6.45) is 1.86. The van der Waals surface area contributed by atoms with Gasteiger partial charge >= 0.3 is 6.18 Å². The highest BCUT2D eigenvalue weighted by molar-refractivity contribution is 5.94. The Kier molecular flexibility index (Phi) is 10.5. The van der Waals surface area contributed by atoms with Crippen LogP contribution in [0.4, 0.5) is 13.2 Å². The molecule has 0 radical (unpaired) electrons. The number of hydrogen-bond acceptors (Lipinski definition) is 6. The minimum Gasteiger partial charge on any atom is -0.483 e. The van der Waals surface area contributed by atoms with Crippen LogP contribution in [0.1, 0.15) is 23.2 Å². The van der Waals surface area contributed by atoms with Crippen molar-refractivity contribution in [2.24, 2.45) is 0 Å². The Morgan fingerprint density at radius 2 is 1.64 bits per heavy atom. The topological polar surface area (TPSA) is 155 Å². The summed E-state index contributed by atoms with van der Waals surface area (Å²) < 4.78 is 38.9. The van der Waals surface area contributed by atoms with Crippen LogP contribution in [0.25, 0.3) is 0 Å². The first kappa shape index (κ1) is 27.1. The Hall–Kier alpha value is -3.97. The quantitative estimate of drug-likeness (QED) is 0.556. The van der Waals surface area contributed by atoms with Crippen molar-refractivity contribution in [3.8, 4) is 0 Å². The molecule has 0 aromatic carbocycles. The van der Waals surface area contributed by atoms with Crippen LogP contribution in [0.3, 0.4) is 0 Å². The van der Waals surface area contributed by atoms with E-state index >= 15 is 0 Å². The van der Waals surface area contributed by atoms with Crippen LogP contribution >= 0.6 is 0 Å². The molecule has 1 aliphatic heterocycles. The Morgan fingerprint density at radius 3 is 2.09 bits per heavy atom. The molecule has 33 heavy (non-hydrogen) atoms. The first-order valence-corrected chi connectivity index (χ1v) is 9.35. The van der Waals surface area contributed by atoms with Crippen LogP contribution in [0.5, 0.6) is 0 Å². The smallest absolute Gasteiger partial charge is 0.405 e. The van der Waals surface area contributed by atoms with Gasteiger partial charge in [-0.1, -0.05) is 0 Å². The van der Waals surface area contributed by atoms with E-state index in [0.717, 1.165) is 0 Å². The maximum atomic E-state index is 12.6. The number of aromatic nitrogens is 3. The third kappa shape index (κ3) is 7.90. The standard InChI is InChI=1S/C17H18F3N5O2.2CH2O2/c18-17(19,20)12-22-15(27)16(25-9-1-6-23-25)4-10-24(11-5-16)14(26)13-2-7-21-8-3-13;2*2-1-3/h1-3,6-9H,4-5,10-12H2,(H,22,27);2*1H,(H,2,3). The van der Waals surface area contributed by atoms with Gasteiger partial charge < -0.3 is 20.4 Å². The van der Waals surface area contributed by atoms with E-state index in [9.17, 15) is 22.8 Å². The minimum absolute atomic E-state index is 0.162. The second-order valence-electron chi connectivity index (χ2n) is 6.52. The molecule has 11 nitrogen and oxygen atoms in total. The fourth-order valence-electron chi connectivity index (χ4n) is 3.18. The molecule has 1 fully saturated rings. The molecule has 0 saturated carbocycles. The lowest BCUT2D eigenvalue weighted by atomic mass is 9.86. The molecule has 2 aromatic rings. The predicted octanol–water partition coefficient (Wildman–Crippen LogP) is 0.990. The van der Waals surface area contributed by atoms with Gasteiger partial charge in [-0.2, -0.15) is 18.3 Å².